The molecule has 0 N–H and O–H groups in total. The molecule has 0 aromatic carbocycles. The molecule has 76 valence electrons. The molecule has 1 aromatic heterocycles. The molecule has 0 saturated heterocycles. The van der Waals surface area contributed by atoms with Gasteiger partial charge in [-0.05, 0) is 6.07 Å². The van der Waals surface area contributed by atoms with Gasteiger partial charge in [-0.2, -0.15) is 12.8 Å². The highest BCUT2D eigenvalue weighted by Gasteiger charge is 2.37. The van der Waals surface area contributed by atoms with Gasteiger partial charge in [-0.25, -0.2) is 0 Å². The van der Waals surface area contributed by atoms with Crippen LogP contribution in [0, 0.1) is 5.41 Å². The van der Waals surface area contributed by atoms with Crippen LogP contribution < -0.4 is 0 Å². The Balaban J connectivity index is 2.72. The molecular weight excluding hydrogens is 202 g/mol. The van der Waals surface area contributed by atoms with Crippen LogP contribution in [0.15, 0.2) is 26.2 Å². The molecule has 1 aliphatic rings. The zero-order valence-corrected chi connectivity index (χ0v) is 9.05. The zero-order valence-electron chi connectivity index (χ0n) is 8.23. The minimum Gasteiger partial charge on any atom is -0.451 e. The molecule has 0 unspecified atom stereocenters. The molecule has 2 rings (SSSR count). The SMILES string of the molecule is CC(C)(C)C1=NS(=O)(=O)c2occc21. The standard InChI is InChI=1S/C9H11NO3S/c1-9(2,3)7-6-4-5-13-8(6)14(11,12)10-7/h4-5H,1-3H3. The summed E-state index contributed by atoms with van der Waals surface area (Å²) < 4.78 is 31.6. The number of furan rings is 1. The number of hydrogen-bond acceptors (Lipinski definition) is 3. The van der Waals surface area contributed by atoms with Crippen LogP contribution in [0.2, 0.25) is 0 Å². The molecule has 0 bridgehead atoms. The Morgan fingerprint density at radius 2 is 2.00 bits per heavy atom. The van der Waals surface area contributed by atoms with Crippen molar-refractivity contribution in [3.8, 4) is 0 Å². The van der Waals surface area contributed by atoms with Gasteiger partial charge in [-0.15, -0.1) is 0 Å². The minimum absolute atomic E-state index is 0.0255. The van der Waals surface area contributed by atoms with E-state index in [1.54, 1.807) is 6.07 Å². The quantitative estimate of drug-likeness (QED) is 0.660. The van der Waals surface area contributed by atoms with E-state index in [1.807, 2.05) is 20.8 Å². The Morgan fingerprint density at radius 3 is 2.57 bits per heavy atom. The van der Waals surface area contributed by atoms with E-state index in [9.17, 15) is 8.42 Å². The number of sulfonamides is 1. The molecule has 1 aliphatic heterocycles. The lowest BCUT2D eigenvalue weighted by Gasteiger charge is -2.16. The minimum atomic E-state index is -3.57. The van der Waals surface area contributed by atoms with Crippen LogP contribution in [0.5, 0.6) is 0 Å². The third-order valence-corrected chi connectivity index (χ3v) is 3.25. The van der Waals surface area contributed by atoms with Crippen molar-refractivity contribution in [1.29, 1.82) is 0 Å². The molecule has 0 spiro atoms. The monoisotopic (exact) mass is 213 g/mol. The van der Waals surface area contributed by atoms with Crippen LogP contribution in [-0.4, -0.2) is 14.1 Å². The highest BCUT2D eigenvalue weighted by Crippen LogP contribution is 2.34. The van der Waals surface area contributed by atoms with Crippen molar-refractivity contribution in [1.82, 2.24) is 0 Å². The second-order valence-corrected chi connectivity index (χ2v) is 5.79. The van der Waals surface area contributed by atoms with E-state index in [0.717, 1.165) is 0 Å². The van der Waals surface area contributed by atoms with E-state index in [2.05, 4.69) is 4.40 Å². The highest BCUT2D eigenvalue weighted by atomic mass is 32.2. The Hall–Kier alpha value is -1.10. The summed E-state index contributed by atoms with van der Waals surface area (Å²) in [4.78, 5) is 0. The fraction of sp³-hybridized carbons (Fsp3) is 0.444. The first kappa shape index (κ1) is 9.45. The van der Waals surface area contributed by atoms with Crippen molar-refractivity contribution in [3.63, 3.8) is 0 Å². The smallest absolute Gasteiger partial charge is 0.316 e. The lowest BCUT2D eigenvalue weighted by Crippen LogP contribution is -2.19. The summed E-state index contributed by atoms with van der Waals surface area (Å²) in [6.45, 7) is 5.76. The summed E-state index contributed by atoms with van der Waals surface area (Å²) in [5, 5.41) is -0.0255. The molecule has 4 nitrogen and oxygen atoms in total. The molecule has 0 aliphatic carbocycles. The van der Waals surface area contributed by atoms with Gasteiger partial charge in [0.2, 0.25) is 5.09 Å². The maximum Gasteiger partial charge on any atom is 0.316 e. The lowest BCUT2D eigenvalue weighted by molar-refractivity contribution is 0.451. The average Bonchev–Trinajstić information content (AvgIpc) is 2.51. The summed E-state index contributed by atoms with van der Waals surface area (Å²) in [7, 11) is -3.57. The molecule has 0 saturated carbocycles. The lowest BCUT2D eigenvalue weighted by atomic mass is 9.87. The Bertz CT molecular complexity index is 502. The maximum atomic E-state index is 11.5. The van der Waals surface area contributed by atoms with Crippen LogP contribution in [0.25, 0.3) is 0 Å². The number of fused-ring (bicyclic) bond motifs is 1. The van der Waals surface area contributed by atoms with Crippen LogP contribution in [-0.2, 0) is 10.0 Å². The van der Waals surface area contributed by atoms with Crippen molar-refractivity contribution >= 4 is 15.7 Å². The summed E-state index contributed by atoms with van der Waals surface area (Å²) in [6, 6.07) is 1.64. The predicted molar refractivity (Wildman–Crippen MR) is 51.9 cm³/mol. The molecule has 2 heterocycles. The van der Waals surface area contributed by atoms with Gasteiger partial charge in [-0.3, -0.25) is 0 Å². The van der Waals surface area contributed by atoms with E-state index in [4.69, 9.17) is 4.42 Å². The maximum absolute atomic E-state index is 11.5. The van der Waals surface area contributed by atoms with Crippen molar-refractivity contribution in [2.45, 2.75) is 25.9 Å². The van der Waals surface area contributed by atoms with E-state index in [1.165, 1.54) is 6.26 Å². The van der Waals surface area contributed by atoms with Crippen molar-refractivity contribution in [2.75, 3.05) is 0 Å². The van der Waals surface area contributed by atoms with Gasteiger partial charge in [0.05, 0.1) is 17.5 Å². The Morgan fingerprint density at radius 1 is 1.36 bits per heavy atom. The molecule has 0 amide bonds. The Kier molecular flexibility index (Phi) is 1.67. The first-order valence-electron chi connectivity index (χ1n) is 4.26. The summed E-state index contributed by atoms with van der Waals surface area (Å²) >= 11 is 0. The fourth-order valence-corrected chi connectivity index (χ4v) is 2.74. The molecule has 1 aromatic rings. The number of nitrogens with zero attached hydrogens (tertiary/aromatic N) is 1. The van der Waals surface area contributed by atoms with Crippen molar-refractivity contribution in [2.24, 2.45) is 9.81 Å². The van der Waals surface area contributed by atoms with E-state index < -0.39 is 10.0 Å². The fourth-order valence-electron chi connectivity index (χ4n) is 1.42. The molecule has 0 atom stereocenters. The van der Waals surface area contributed by atoms with Crippen molar-refractivity contribution < 1.29 is 12.8 Å². The predicted octanol–water partition coefficient (Wildman–Crippen LogP) is 1.82. The first-order valence-corrected chi connectivity index (χ1v) is 5.70. The average molecular weight is 213 g/mol. The van der Waals surface area contributed by atoms with Gasteiger partial charge in [0, 0.05) is 5.41 Å². The summed E-state index contributed by atoms with van der Waals surface area (Å²) in [5.41, 5.74) is 0.876. The van der Waals surface area contributed by atoms with E-state index in [0.29, 0.717) is 11.3 Å². The number of rotatable bonds is 0. The summed E-state index contributed by atoms with van der Waals surface area (Å²) in [6.07, 6.45) is 1.38. The number of hydrogen-bond donors (Lipinski definition) is 0. The second kappa shape index (κ2) is 2.48. The molecule has 14 heavy (non-hydrogen) atoms. The van der Waals surface area contributed by atoms with Crippen LogP contribution in [0.3, 0.4) is 0 Å². The van der Waals surface area contributed by atoms with Crippen molar-refractivity contribution in [3.05, 3.63) is 17.9 Å². The third-order valence-electron chi connectivity index (χ3n) is 2.04. The molecular formula is C9H11NO3S. The Labute approximate surface area is 82.7 Å². The summed E-state index contributed by atoms with van der Waals surface area (Å²) in [5.74, 6) is 0. The zero-order chi connectivity index (χ0) is 10.6. The van der Waals surface area contributed by atoms with Crippen LogP contribution >= 0.6 is 0 Å². The van der Waals surface area contributed by atoms with Gasteiger partial charge >= 0.3 is 10.0 Å². The highest BCUT2D eigenvalue weighted by molar-refractivity contribution is 7.90. The second-order valence-electron chi connectivity index (χ2n) is 4.29. The van der Waals surface area contributed by atoms with Gasteiger partial charge in [-0.1, -0.05) is 20.8 Å². The van der Waals surface area contributed by atoms with Gasteiger partial charge < -0.3 is 4.42 Å². The van der Waals surface area contributed by atoms with E-state index >= 15 is 0 Å². The molecule has 0 fully saturated rings. The van der Waals surface area contributed by atoms with Crippen LogP contribution in [0.4, 0.5) is 0 Å². The van der Waals surface area contributed by atoms with Gasteiger partial charge in [0.1, 0.15) is 0 Å². The van der Waals surface area contributed by atoms with Gasteiger partial charge in [0.25, 0.3) is 0 Å². The largest absolute Gasteiger partial charge is 0.451 e. The third kappa shape index (κ3) is 1.19. The topological polar surface area (TPSA) is 59.6 Å². The molecule has 0 radical (unpaired) electrons. The van der Waals surface area contributed by atoms with Crippen LogP contribution in [0.1, 0.15) is 26.3 Å². The molecule has 5 heteroatoms. The normalized spacial score (nSPS) is 19.2. The van der Waals surface area contributed by atoms with E-state index in [-0.39, 0.29) is 10.5 Å². The van der Waals surface area contributed by atoms with Gasteiger partial charge in [0.15, 0.2) is 0 Å². The first-order chi connectivity index (χ1) is 6.32.